The molecule has 0 saturated carbocycles. The van der Waals surface area contributed by atoms with Gasteiger partial charge in [0.25, 0.3) is 11.8 Å². The van der Waals surface area contributed by atoms with Crippen LogP contribution in [0.5, 0.6) is 0 Å². The Hall–Kier alpha value is -5.10. The lowest BCUT2D eigenvalue weighted by molar-refractivity contribution is -0.164. The van der Waals surface area contributed by atoms with Crippen LogP contribution in [0.2, 0.25) is 0 Å². The molecule has 12 nitrogen and oxygen atoms in total. The average Bonchev–Trinajstić information content (AvgIpc) is 3.30. The Kier molecular flexibility index (Phi) is 9.60. The summed E-state index contributed by atoms with van der Waals surface area (Å²) in [5, 5.41) is 9.85. The van der Waals surface area contributed by atoms with E-state index in [1.54, 1.807) is 55.5 Å². The molecule has 228 valence electrons. The zero-order valence-electron chi connectivity index (χ0n) is 24.2. The number of aromatic nitrogens is 1. The van der Waals surface area contributed by atoms with E-state index >= 15 is 0 Å². The van der Waals surface area contributed by atoms with E-state index in [9.17, 15) is 24.0 Å². The molecule has 1 aromatic heterocycles. The van der Waals surface area contributed by atoms with E-state index in [0.717, 1.165) is 5.39 Å². The normalized spacial score (nSPS) is 20.0. The molecule has 3 aromatic rings. The number of cyclic esters (lactones) is 1. The van der Waals surface area contributed by atoms with Crippen molar-refractivity contribution in [3.05, 3.63) is 89.8 Å². The molecule has 1 saturated heterocycles. The quantitative estimate of drug-likeness (QED) is 0.235. The molecule has 0 aliphatic carbocycles. The second-order valence-corrected chi connectivity index (χ2v) is 10.4. The Morgan fingerprint density at radius 3 is 2.57 bits per heavy atom. The van der Waals surface area contributed by atoms with E-state index in [0.29, 0.717) is 16.5 Å². The van der Waals surface area contributed by atoms with Crippen molar-refractivity contribution in [3.63, 3.8) is 0 Å². The van der Waals surface area contributed by atoms with Crippen LogP contribution in [-0.4, -0.2) is 84.1 Å². The lowest BCUT2D eigenvalue weighted by Crippen LogP contribution is -2.52. The Labute approximate surface area is 253 Å². The number of carbonyl (C=O) groups is 5. The smallest absolute Gasteiger partial charge is 0.310 e. The molecule has 0 bridgehead atoms. The maximum absolute atomic E-state index is 13.8. The van der Waals surface area contributed by atoms with Crippen molar-refractivity contribution in [1.82, 2.24) is 25.8 Å². The third kappa shape index (κ3) is 7.27. The van der Waals surface area contributed by atoms with Gasteiger partial charge >= 0.3 is 5.97 Å². The van der Waals surface area contributed by atoms with E-state index in [-0.39, 0.29) is 50.7 Å². The number of nitrogens with one attached hydrogen (secondary N) is 3. The number of ether oxygens (including phenoxy) is 2. The van der Waals surface area contributed by atoms with Gasteiger partial charge in [0.15, 0.2) is 0 Å². The monoisotopic (exact) mass is 599 g/mol. The van der Waals surface area contributed by atoms with Gasteiger partial charge in [-0.3, -0.25) is 29.0 Å². The number of benzene rings is 2. The minimum absolute atomic E-state index is 0.0369. The lowest BCUT2D eigenvalue weighted by atomic mass is 10.1. The number of pyridine rings is 1. The van der Waals surface area contributed by atoms with Gasteiger partial charge in [-0.15, -0.1) is 0 Å². The molecule has 3 N–H and O–H groups in total. The summed E-state index contributed by atoms with van der Waals surface area (Å²) in [7, 11) is 0. The van der Waals surface area contributed by atoms with Crippen molar-refractivity contribution in [2.75, 3.05) is 26.2 Å². The van der Waals surface area contributed by atoms with Crippen molar-refractivity contribution < 1.29 is 33.4 Å². The molecule has 2 aliphatic heterocycles. The Bertz CT molecular complexity index is 1590. The van der Waals surface area contributed by atoms with Gasteiger partial charge in [0.1, 0.15) is 17.8 Å². The predicted octanol–water partition coefficient (Wildman–Crippen LogP) is 1.72. The van der Waals surface area contributed by atoms with Crippen LogP contribution < -0.4 is 16.0 Å². The van der Waals surface area contributed by atoms with Crippen LogP contribution >= 0.6 is 0 Å². The maximum atomic E-state index is 13.8. The Morgan fingerprint density at radius 2 is 1.77 bits per heavy atom. The largest absolute Gasteiger partial charge is 0.433 e. The first kappa shape index (κ1) is 30.4. The third-order valence-corrected chi connectivity index (χ3v) is 7.33. The summed E-state index contributed by atoms with van der Waals surface area (Å²) in [6.45, 7) is 1.83. The van der Waals surface area contributed by atoms with Crippen molar-refractivity contribution in [3.8, 4) is 0 Å². The van der Waals surface area contributed by atoms with Gasteiger partial charge in [-0.25, -0.2) is 0 Å². The first-order chi connectivity index (χ1) is 21.3. The predicted molar refractivity (Wildman–Crippen MR) is 159 cm³/mol. The number of esters is 1. The second-order valence-electron chi connectivity index (χ2n) is 10.4. The third-order valence-electron chi connectivity index (χ3n) is 7.33. The summed E-state index contributed by atoms with van der Waals surface area (Å²) in [6, 6.07) is 16.1. The molecule has 2 aromatic carbocycles. The molecule has 3 atom stereocenters. The summed E-state index contributed by atoms with van der Waals surface area (Å²) in [4.78, 5) is 70.3. The van der Waals surface area contributed by atoms with Gasteiger partial charge < -0.3 is 30.3 Å². The Balaban J connectivity index is 1.32. The van der Waals surface area contributed by atoms with Gasteiger partial charge in [-0.1, -0.05) is 48.5 Å². The SMILES string of the molecule is CCOC1OC(=O)CC1NC(=O)CN1CC(CNC(=O)c2ccccc2)=CCC(NC(=O)c2nccc3ccccc23)C1=O. The molecule has 3 unspecified atom stereocenters. The fraction of sp³-hybridized carbons (Fsp3) is 0.312. The molecule has 44 heavy (non-hydrogen) atoms. The van der Waals surface area contributed by atoms with Crippen LogP contribution in [0.25, 0.3) is 10.8 Å². The molecule has 0 spiro atoms. The van der Waals surface area contributed by atoms with Crippen LogP contribution in [0.4, 0.5) is 0 Å². The highest BCUT2D eigenvalue weighted by Gasteiger charge is 2.37. The fourth-order valence-electron chi connectivity index (χ4n) is 5.18. The molecule has 1 fully saturated rings. The Morgan fingerprint density at radius 1 is 1.00 bits per heavy atom. The van der Waals surface area contributed by atoms with Crippen LogP contribution in [0, 0.1) is 0 Å². The standard InChI is InChI=1S/C32H33N5O7/c1-2-43-32-25(16-27(39)44-32)35-26(38)19-37-18-20(17-34-29(40)22-9-4-3-5-10-22)12-13-24(31(37)42)36-30(41)28-23-11-7-6-8-21(23)14-15-33-28/h3-12,14-15,24-25,32H,2,13,16-19H2,1H3,(H,34,40)(H,35,38)(H,36,41). The number of nitrogens with zero attached hydrogens (tertiary/aromatic N) is 2. The van der Waals surface area contributed by atoms with Crippen molar-refractivity contribution >= 4 is 40.4 Å². The molecule has 12 heteroatoms. The maximum Gasteiger partial charge on any atom is 0.310 e. The van der Waals surface area contributed by atoms with E-state index in [1.807, 2.05) is 18.2 Å². The summed E-state index contributed by atoms with van der Waals surface area (Å²) in [5.74, 6) is -2.31. The first-order valence-corrected chi connectivity index (χ1v) is 14.4. The number of fused-ring (bicyclic) bond motifs is 1. The highest BCUT2D eigenvalue weighted by Crippen LogP contribution is 2.19. The average molecular weight is 600 g/mol. The summed E-state index contributed by atoms with van der Waals surface area (Å²) < 4.78 is 10.5. The minimum atomic E-state index is -0.994. The number of carbonyl (C=O) groups excluding carboxylic acids is 5. The van der Waals surface area contributed by atoms with Gasteiger partial charge in [-0.05, 0) is 42.5 Å². The van der Waals surface area contributed by atoms with Crippen molar-refractivity contribution in [2.24, 2.45) is 0 Å². The van der Waals surface area contributed by atoms with Gasteiger partial charge in [0, 0.05) is 36.8 Å². The van der Waals surface area contributed by atoms with E-state index < -0.39 is 42.1 Å². The van der Waals surface area contributed by atoms with E-state index in [4.69, 9.17) is 9.47 Å². The first-order valence-electron chi connectivity index (χ1n) is 14.4. The summed E-state index contributed by atoms with van der Waals surface area (Å²) in [6.07, 6.45) is 2.49. The van der Waals surface area contributed by atoms with Gasteiger partial charge in [-0.2, -0.15) is 0 Å². The molecular weight excluding hydrogens is 566 g/mol. The highest BCUT2D eigenvalue weighted by molar-refractivity contribution is 6.06. The zero-order valence-corrected chi connectivity index (χ0v) is 24.2. The molecule has 3 heterocycles. The van der Waals surface area contributed by atoms with E-state index in [1.165, 1.54) is 11.1 Å². The molecule has 4 amide bonds. The topological polar surface area (TPSA) is 156 Å². The van der Waals surface area contributed by atoms with Crippen molar-refractivity contribution in [1.29, 1.82) is 0 Å². The second kappa shape index (κ2) is 13.9. The van der Waals surface area contributed by atoms with Crippen LogP contribution in [0.15, 0.2) is 78.5 Å². The molecular formula is C32H33N5O7. The minimum Gasteiger partial charge on any atom is -0.433 e. The van der Waals surface area contributed by atoms with E-state index in [2.05, 4.69) is 20.9 Å². The number of amides is 4. The van der Waals surface area contributed by atoms with Crippen LogP contribution in [0.1, 0.15) is 40.6 Å². The zero-order chi connectivity index (χ0) is 31.1. The van der Waals surface area contributed by atoms with Crippen LogP contribution in [0.3, 0.4) is 0 Å². The molecule has 2 aliphatic rings. The molecule has 0 radical (unpaired) electrons. The number of rotatable bonds is 10. The van der Waals surface area contributed by atoms with Gasteiger partial charge in [0.2, 0.25) is 18.1 Å². The molecule has 5 rings (SSSR count). The highest BCUT2D eigenvalue weighted by atomic mass is 16.7. The summed E-state index contributed by atoms with van der Waals surface area (Å²) in [5.41, 5.74) is 1.35. The fourth-order valence-corrected chi connectivity index (χ4v) is 5.18. The van der Waals surface area contributed by atoms with Crippen LogP contribution in [-0.2, 0) is 23.9 Å². The number of hydrogen-bond donors (Lipinski definition) is 3. The summed E-state index contributed by atoms with van der Waals surface area (Å²) >= 11 is 0. The lowest BCUT2D eigenvalue weighted by Gasteiger charge is -2.26. The van der Waals surface area contributed by atoms with Gasteiger partial charge in [0.05, 0.1) is 13.0 Å². The number of hydrogen-bond acceptors (Lipinski definition) is 8. The van der Waals surface area contributed by atoms with Crippen molar-refractivity contribution in [2.45, 2.75) is 38.1 Å².